The number of carbonyl (C=O) groups excluding carboxylic acids is 2. The number of benzene rings is 2. The lowest BCUT2D eigenvalue weighted by Crippen LogP contribution is -2.48. The molecule has 9 heteroatoms. The van der Waals surface area contributed by atoms with Crippen molar-refractivity contribution in [2.24, 2.45) is 17.6 Å². The van der Waals surface area contributed by atoms with Crippen molar-refractivity contribution in [3.05, 3.63) is 82.5 Å². The summed E-state index contributed by atoms with van der Waals surface area (Å²) in [5, 5.41) is 5.97. The molecule has 0 bridgehead atoms. The molecule has 2 heterocycles. The van der Waals surface area contributed by atoms with Crippen LogP contribution in [0.3, 0.4) is 0 Å². The van der Waals surface area contributed by atoms with E-state index < -0.39 is 6.04 Å². The van der Waals surface area contributed by atoms with Gasteiger partial charge in [0.2, 0.25) is 11.8 Å². The Bertz CT molecular complexity index is 1530. The van der Waals surface area contributed by atoms with Crippen molar-refractivity contribution < 1.29 is 9.59 Å². The Morgan fingerprint density at radius 1 is 1.05 bits per heavy atom. The third kappa shape index (κ3) is 6.26. The van der Waals surface area contributed by atoms with Gasteiger partial charge in [0.05, 0.1) is 11.0 Å². The highest BCUT2D eigenvalue weighted by Crippen LogP contribution is 2.29. The summed E-state index contributed by atoms with van der Waals surface area (Å²) < 4.78 is 0. The number of hydrogen-bond acceptors (Lipinski definition) is 5. The highest BCUT2D eigenvalue weighted by molar-refractivity contribution is 5.98. The van der Waals surface area contributed by atoms with Crippen LogP contribution in [0.5, 0.6) is 0 Å². The Hall–Kier alpha value is -4.24. The van der Waals surface area contributed by atoms with Crippen LogP contribution in [-0.4, -0.2) is 39.4 Å². The van der Waals surface area contributed by atoms with Crippen LogP contribution in [0.25, 0.3) is 22.2 Å². The van der Waals surface area contributed by atoms with Crippen molar-refractivity contribution in [3.8, 4) is 11.1 Å². The second-order valence-corrected chi connectivity index (χ2v) is 10.4. The van der Waals surface area contributed by atoms with Crippen LogP contribution in [0.4, 0.5) is 5.69 Å². The average Bonchev–Trinajstić information content (AvgIpc) is 3.32. The van der Waals surface area contributed by atoms with Crippen LogP contribution >= 0.6 is 0 Å². The Morgan fingerprint density at radius 3 is 2.62 bits per heavy atom. The Balaban J connectivity index is 1.37. The van der Waals surface area contributed by atoms with Gasteiger partial charge < -0.3 is 26.3 Å². The molecule has 2 amide bonds. The summed E-state index contributed by atoms with van der Waals surface area (Å²) in [6.07, 6.45) is 7.32. The molecule has 1 unspecified atom stereocenters. The summed E-state index contributed by atoms with van der Waals surface area (Å²) in [7, 11) is 0. The average molecular weight is 527 g/mol. The number of nitrogens with two attached hydrogens (primary N) is 1. The molecule has 2 aromatic carbocycles. The molecule has 0 radical (unpaired) electrons. The van der Waals surface area contributed by atoms with E-state index in [1.165, 1.54) is 0 Å². The van der Waals surface area contributed by atoms with E-state index in [0.717, 1.165) is 47.9 Å². The lowest BCUT2D eigenvalue weighted by atomic mass is 9.81. The fourth-order valence-corrected chi connectivity index (χ4v) is 5.40. The van der Waals surface area contributed by atoms with Gasteiger partial charge in [-0.1, -0.05) is 24.3 Å². The highest BCUT2D eigenvalue weighted by atomic mass is 16.2. The van der Waals surface area contributed by atoms with Crippen LogP contribution in [0.2, 0.25) is 0 Å². The van der Waals surface area contributed by atoms with Crippen molar-refractivity contribution in [1.82, 2.24) is 20.3 Å². The minimum Gasteiger partial charge on any atom is -0.344 e. The van der Waals surface area contributed by atoms with E-state index in [9.17, 15) is 14.4 Å². The van der Waals surface area contributed by atoms with Crippen LogP contribution in [0.1, 0.15) is 36.8 Å². The molecule has 1 fully saturated rings. The van der Waals surface area contributed by atoms with Gasteiger partial charge in [-0.2, -0.15) is 0 Å². The lowest BCUT2D eigenvalue weighted by molar-refractivity contribution is -0.130. The number of aryl methyl sites for hydroxylation is 1. The molecule has 9 nitrogen and oxygen atoms in total. The number of rotatable bonds is 8. The number of pyridine rings is 1. The molecule has 2 aromatic heterocycles. The molecule has 5 rings (SSSR count). The summed E-state index contributed by atoms with van der Waals surface area (Å²) in [5.74, 6) is -0.0867. The van der Waals surface area contributed by atoms with Crippen molar-refractivity contribution in [3.63, 3.8) is 0 Å². The number of aromatic nitrogens is 3. The predicted molar refractivity (Wildman–Crippen MR) is 152 cm³/mol. The van der Waals surface area contributed by atoms with E-state index in [-0.39, 0.29) is 23.4 Å². The topological polar surface area (TPSA) is 146 Å². The standard InChI is InChI=1S/C30H34N6O3/c1-18-17-32-12-11-24(18)22-4-2-3-20(13-22)14-27(34-28(37)21-7-5-19(16-31)6-8-21)29(38)33-23-9-10-25-26(15-23)36-30(39)35-25/h2-4,9-13,15,17,19,21,27H,5-8,14,16,31H2,1H3,(H,33,38)(H,34,37)(H2,35,36,39). The predicted octanol–water partition coefficient (Wildman–Crippen LogP) is 3.66. The van der Waals surface area contributed by atoms with Gasteiger partial charge in [-0.3, -0.25) is 14.6 Å². The number of anilines is 1. The van der Waals surface area contributed by atoms with Crippen molar-refractivity contribution in [2.45, 2.75) is 45.1 Å². The molecule has 0 spiro atoms. The molecule has 1 atom stereocenters. The van der Waals surface area contributed by atoms with Crippen LogP contribution in [0, 0.1) is 18.8 Å². The molecule has 1 aliphatic rings. The molecule has 0 saturated heterocycles. The van der Waals surface area contributed by atoms with Crippen LogP contribution in [-0.2, 0) is 16.0 Å². The van der Waals surface area contributed by atoms with Gasteiger partial charge in [0.15, 0.2) is 0 Å². The molecule has 0 aliphatic heterocycles. The van der Waals surface area contributed by atoms with E-state index in [1.54, 1.807) is 24.4 Å². The maximum Gasteiger partial charge on any atom is 0.323 e. The minimum atomic E-state index is -0.778. The molecule has 1 saturated carbocycles. The number of hydrogen-bond donors (Lipinski definition) is 5. The van der Waals surface area contributed by atoms with Crippen LogP contribution < -0.4 is 22.1 Å². The molecule has 39 heavy (non-hydrogen) atoms. The molecule has 6 N–H and O–H groups in total. The SMILES string of the molecule is Cc1cnccc1-c1cccc(CC(NC(=O)C2CCC(CN)CC2)C(=O)Nc2ccc3[nH]c(=O)[nH]c3c2)c1. The van der Waals surface area contributed by atoms with E-state index in [0.29, 0.717) is 35.6 Å². The second kappa shape index (κ2) is 11.7. The zero-order valence-corrected chi connectivity index (χ0v) is 22.0. The van der Waals surface area contributed by atoms with Gasteiger partial charge in [-0.15, -0.1) is 0 Å². The van der Waals surface area contributed by atoms with Gasteiger partial charge >= 0.3 is 5.69 Å². The number of nitrogens with zero attached hydrogens (tertiary/aromatic N) is 1. The summed E-state index contributed by atoms with van der Waals surface area (Å²) in [6.45, 7) is 2.66. The first-order chi connectivity index (χ1) is 18.9. The zero-order valence-electron chi connectivity index (χ0n) is 22.0. The minimum absolute atomic E-state index is 0.0998. The maximum atomic E-state index is 13.6. The molecule has 1 aliphatic carbocycles. The van der Waals surface area contributed by atoms with E-state index in [2.05, 4.69) is 31.7 Å². The fraction of sp³-hybridized carbons (Fsp3) is 0.333. The van der Waals surface area contributed by atoms with Crippen LogP contribution in [0.15, 0.2) is 65.7 Å². The van der Waals surface area contributed by atoms with E-state index in [1.807, 2.05) is 37.4 Å². The number of imidazole rings is 1. The summed E-state index contributed by atoms with van der Waals surface area (Å²) in [5.41, 5.74) is 11.4. The number of fused-ring (bicyclic) bond motifs is 1. The fourth-order valence-electron chi connectivity index (χ4n) is 5.40. The first kappa shape index (κ1) is 26.4. The quantitative estimate of drug-likeness (QED) is 0.238. The lowest BCUT2D eigenvalue weighted by Gasteiger charge is -2.28. The van der Waals surface area contributed by atoms with E-state index in [4.69, 9.17) is 5.73 Å². The van der Waals surface area contributed by atoms with Crippen molar-refractivity contribution >= 4 is 28.5 Å². The first-order valence-electron chi connectivity index (χ1n) is 13.4. The van der Waals surface area contributed by atoms with Crippen molar-refractivity contribution in [1.29, 1.82) is 0 Å². The highest BCUT2D eigenvalue weighted by Gasteiger charge is 2.29. The smallest absolute Gasteiger partial charge is 0.323 e. The number of carbonyl (C=O) groups is 2. The van der Waals surface area contributed by atoms with Crippen molar-refractivity contribution in [2.75, 3.05) is 11.9 Å². The Labute approximate surface area is 226 Å². The van der Waals surface area contributed by atoms with Gasteiger partial charge in [0.25, 0.3) is 0 Å². The Kier molecular flexibility index (Phi) is 7.88. The normalized spacial score (nSPS) is 18.0. The third-order valence-electron chi connectivity index (χ3n) is 7.67. The number of amides is 2. The zero-order chi connectivity index (χ0) is 27.4. The third-order valence-corrected chi connectivity index (χ3v) is 7.67. The summed E-state index contributed by atoms with van der Waals surface area (Å²) in [6, 6.07) is 14.4. The monoisotopic (exact) mass is 526 g/mol. The molecule has 4 aromatic rings. The molecule has 202 valence electrons. The Morgan fingerprint density at radius 2 is 1.85 bits per heavy atom. The molecular formula is C30H34N6O3. The number of aromatic amines is 2. The van der Waals surface area contributed by atoms with Gasteiger partial charge in [0.1, 0.15) is 6.04 Å². The summed E-state index contributed by atoms with van der Waals surface area (Å²) in [4.78, 5) is 48.1. The van der Waals surface area contributed by atoms with Gasteiger partial charge in [-0.05, 0) is 91.6 Å². The van der Waals surface area contributed by atoms with Gasteiger partial charge in [-0.25, -0.2) is 4.79 Å². The number of H-pyrrole nitrogens is 2. The first-order valence-corrected chi connectivity index (χ1v) is 13.4. The maximum absolute atomic E-state index is 13.6. The number of nitrogens with one attached hydrogen (secondary N) is 4. The summed E-state index contributed by atoms with van der Waals surface area (Å²) >= 11 is 0. The van der Waals surface area contributed by atoms with E-state index >= 15 is 0 Å². The largest absolute Gasteiger partial charge is 0.344 e. The molecular weight excluding hydrogens is 492 g/mol. The van der Waals surface area contributed by atoms with Gasteiger partial charge in [0, 0.05) is 30.4 Å². The second-order valence-electron chi connectivity index (χ2n) is 10.4.